The van der Waals surface area contributed by atoms with Gasteiger partial charge in [0.25, 0.3) is 11.5 Å². The van der Waals surface area contributed by atoms with Crippen molar-refractivity contribution in [2.24, 2.45) is 7.05 Å². The van der Waals surface area contributed by atoms with E-state index < -0.39 is 17.3 Å². The summed E-state index contributed by atoms with van der Waals surface area (Å²) in [5.74, 6) is -0.519. The highest BCUT2D eigenvalue weighted by molar-refractivity contribution is 7.98. The molecule has 0 atom stereocenters. The Balaban J connectivity index is 0.00000205. The first-order valence-corrected chi connectivity index (χ1v) is 13.9. The van der Waals surface area contributed by atoms with Crippen LogP contribution in [0.2, 0.25) is 5.02 Å². The first kappa shape index (κ1) is 30.3. The molecular formula is C28H35ClFN5O3S. The van der Waals surface area contributed by atoms with Gasteiger partial charge in [0, 0.05) is 25.2 Å². The average molecular weight is 576 g/mol. The molecule has 0 radical (unpaired) electrons. The van der Waals surface area contributed by atoms with Gasteiger partial charge in [-0.15, -0.1) is 0 Å². The molecule has 0 aliphatic heterocycles. The predicted molar refractivity (Wildman–Crippen MR) is 159 cm³/mol. The second kappa shape index (κ2) is 13.2. The van der Waals surface area contributed by atoms with Crippen molar-refractivity contribution < 1.29 is 13.9 Å². The Morgan fingerprint density at radius 2 is 1.85 bits per heavy atom. The Hall–Kier alpha value is -3.21. The van der Waals surface area contributed by atoms with Crippen LogP contribution in [0, 0.1) is 19.7 Å². The third kappa shape index (κ3) is 7.26. The van der Waals surface area contributed by atoms with Gasteiger partial charge in [-0.3, -0.25) is 14.2 Å². The summed E-state index contributed by atoms with van der Waals surface area (Å²) < 4.78 is 27.2. The van der Waals surface area contributed by atoms with E-state index >= 15 is 0 Å². The fourth-order valence-electron chi connectivity index (χ4n) is 3.65. The number of rotatable bonds is 9. The van der Waals surface area contributed by atoms with Crippen LogP contribution < -0.4 is 25.7 Å². The van der Waals surface area contributed by atoms with Gasteiger partial charge in [-0.25, -0.2) is 8.70 Å². The maximum atomic E-state index is 14.8. The number of aryl methyl sites for hydroxylation is 1. The maximum absolute atomic E-state index is 14.8. The molecule has 8 nitrogen and oxygen atoms in total. The Bertz CT molecular complexity index is 1410. The summed E-state index contributed by atoms with van der Waals surface area (Å²) in [4.78, 5) is 26.7. The first-order chi connectivity index (χ1) is 18.6. The van der Waals surface area contributed by atoms with Crippen molar-refractivity contribution in [2.75, 3.05) is 24.1 Å². The van der Waals surface area contributed by atoms with E-state index in [2.05, 4.69) is 15.4 Å². The molecule has 3 aromatic rings. The fourth-order valence-corrected chi connectivity index (χ4v) is 4.37. The molecule has 0 unspecified atom stereocenters. The summed E-state index contributed by atoms with van der Waals surface area (Å²) in [5.41, 5.74) is 1.37. The van der Waals surface area contributed by atoms with Crippen LogP contribution in [0.5, 0.6) is 11.5 Å². The number of carbonyl (C=O) groups excluding carboxylic acids is 1. The van der Waals surface area contributed by atoms with Crippen LogP contribution in [0.3, 0.4) is 0 Å². The van der Waals surface area contributed by atoms with Gasteiger partial charge < -0.3 is 20.1 Å². The van der Waals surface area contributed by atoms with Crippen LogP contribution in [-0.4, -0.2) is 34.9 Å². The Morgan fingerprint density at radius 3 is 2.46 bits per heavy atom. The monoisotopic (exact) mass is 575 g/mol. The van der Waals surface area contributed by atoms with Gasteiger partial charge >= 0.3 is 0 Å². The summed E-state index contributed by atoms with van der Waals surface area (Å²) in [6, 6.07) is 9.91. The zero-order valence-electron chi connectivity index (χ0n) is 23.2. The molecule has 1 aromatic heterocycles. The van der Waals surface area contributed by atoms with E-state index in [1.54, 1.807) is 44.2 Å². The number of amides is 1. The number of hydrogen-bond acceptors (Lipinski definition) is 7. The van der Waals surface area contributed by atoms with Gasteiger partial charge in [0.2, 0.25) is 0 Å². The Labute approximate surface area is 238 Å². The minimum Gasteiger partial charge on any atom is -0.454 e. The SMILES string of the molecule is CC.Cc1ccc(Nc2c(C(=O)NC3CC3)c(Oc3cccc(NSN(C)C)c3Cl)c(C)c(=O)n2C)c(F)c1. The molecule has 39 heavy (non-hydrogen) atoms. The zero-order valence-corrected chi connectivity index (χ0v) is 24.8. The highest BCUT2D eigenvalue weighted by Crippen LogP contribution is 2.40. The summed E-state index contributed by atoms with van der Waals surface area (Å²) in [6.07, 6.45) is 1.73. The molecule has 11 heteroatoms. The normalized spacial score (nSPS) is 12.5. The quantitative estimate of drug-likeness (QED) is 0.242. The highest BCUT2D eigenvalue weighted by Gasteiger charge is 2.31. The molecule has 0 saturated heterocycles. The van der Waals surface area contributed by atoms with Gasteiger partial charge in [0.15, 0.2) is 5.75 Å². The molecule has 3 N–H and O–H groups in total. The van der Waals surface area contributed by atoms with E-state index in [1.165, 1.54) is 29.8 Å². The minimum absolute atomic E-state index is 0.0426. The number of ether oxygens (including phenoxy) is 1. The summed E-state index contributed by atoms with van der Waals surface area (Å²) >= 11 is 7.96. The number of benzene rings is 2. The summed E-state index contributed by atoms with van der Waals surface area (Å²) in [7, 11) is 5.29. The van der Waals surface area contributed by atoms with Crippen LogP contribution in [0.1, 0.15) is 48.2 Å². The van der Waals surface area contributed by atoms with E-state index in [0.717, 1.165) is 18.4 Å². The lowest BCUT2D eigenvalue weighted by Crippen LogP contribution is -2.31. The summed E-state index contributed by atoms with van der Waals surface area (Å²) in [5, 5.41) is 6.20. The molecule has 1 amide bonds. The van der Waals surface area contributed by atoms with Crippen molar-refractivity contribution in [3.8, 4) is 11.5 Å². The average Bonchev–Trinajstić information content (AvgIpc) is 3.72. The van der Waals surface area contributed by atoms with Crippen LogP contribution in [0.15, 0.2) is 41.2 Å². The largest absolute Gasteiger partial charge is 0.454 e. The number of nitrogens with one attached hydrogen (secondary N) is 3. The smallest absolute Gasteiger partial charge is 0.259 e. The third-order valence-electron chi connectivity index (χ3n) is 5.80. The van der Waals surface area contributed by atoms with E-state index in [9.17, 15) is 14.0 Å². The van der Waals surface area contributed by atoms with Crippen molar-refractivity contribution in [3.05, 3.63) is 74.3 Å². The first-order valence-electron chi connectivity index (χ1n) is 12.7. The molecule has 1 saturated carbocycles. The van der Waals surface area contributed by atoms with Gasteiger partial charge in [0.05, 0.1) is 16.9 Å². The highest BCUT2D eigenvalue weighted by atomic mass is 35.5. The molecule has 4 rings (SSSR count). The number of pyridine rings is 1. The van der Waals surface area contributed by atoms with E-state index in [0.29, 0.717) is 5.69 Å². The van der Waals surface area contributed by atoms with Gasteiger partial charge in [-0.1, -0.05) is 37.6 Å². The summed E-state index contributed by atoms with van der Waals surface area (Å²) in [6.45, 7) is 7.36. The number of carbonyl (C=O) groups is 1. The molecule has 1 aliphatic rings. The lowest BCUT2D eigenvalue weighted by Gasteiger charge is -2.22. The molecule has 2 aromatic carbocycles. The standard InChI is InChI=1S/C26H29ClFN5O3S.C2H6/c1-14-9-12-18(17(28)13-14)30-24-21(25(34)29-16-10-11-16)23(15(2)26(35)33(24)5)36-20-8-6-7-19(22(20)27)31-37-32(3)4;1-2/h6-9,12-13,16,30-31H,10-11H2,1-5H3,(H,29,34);1-2H3. The predicted octanol–water partition coefficient (Wildman–Crippen LogP) is 6.79. The van der Waals surface area contributed by atoms with Crippen LogP contribution >= 0.6 is 23.7 Å². The van der Waals surface area contributed by atoms with Crippen molar-refractivity contribution in [1.82, 2.24) is 14.2 Å². The topological polar surface area (TPSA) is 87.6 Å². The van der Waals surface area contributed by atoms with Crippen molar-refractivity contribution >= 4 is 46.8 Å². The molecule has 0 bridgehead atoms. The number of hydrogen-bond donors (Lipinski definition) is 3. The van der Waals surface area contributed by atoms with E-state index in [1.807, 2.05) is 32.2 Å². The number of halogens is 2. The molecule has 0 spiro atoms. The van der Waals surface area contributed by atoms with Crippen LogP contribution in [0.25, 0.3) is 0 Å². The fraction of sp³-hybridized carbons (Fsp3) is 0.357. The van der Waals surface area contributed by atoms with Crippen molar-refractivity contribution in [1.29, 1.82) is 0 Å². The lowest BCUT2D eigenvalue weighted by molar-refractivity contribution is 0.0948. The molecular weight excluding hydrogens is 541 g/mol. The second-order valence-electron chi connectivity index (χ2n) is 9.12. The molecule has 210 valence electrons. The van der Waals surface area contributed by atoms with E-state index in [-0.39, 0.29) is 45.2 Å². The molecule has 1 heterocycles. The Morgan fingerprint density at radius 1 is 1.15 bits per heavy atom. The number of aromatic nitrogens is 1. The second-order valence-corrected chi connectivity index (χ2v) is 10.6. The van der Waals surface area contributed by atoms with Crippen molar-refractivity contribution in [3.63, 3.8) is 0 Å². The molecule has 1 aliphatic carbocycles. The number of anilines is 3. The lowest BCUT2D eigenvalue weighted by atomic mass is 10.1. The van der Waals surface area contributed by atoms with Crippen molar-refractivity contribution in [2.45, 2.75) is 46.6 Å². The van der Waals surface area contributed by atoms with Gasteiger partial charge in [0.1, 0.15) is 28.0 Å². The van der Waals surface area contributed by atoms with Gasteiger partial charge in [-0.05, 0) is 70.6 Å². The van der Waals surface area contributed by atoms with Crippen LogP contribution in [-0.2, 0) is 7.05 Å². The van der Waals surface area contributed by atoms with E-state index in [4.69, 9.17) is 16.3 Å². The van der Waals surface area contributed by atoms with Crippen LogP contribution in [0.4, 0.5) is 21.6 Å². The molecule has 1 fully saturated rings. The number of nitrogens with zero attached hydrogens (tertiary/aromatic N) is 2. The van der Waals surface area contributed by atoms with Gasteiger partial charge in [-0.2, -0.15) is 0 Å². The Kier molecular flexibility index (Phi) is 10.3. The zero-order chi connectivity index (χ0) is 28.9. The third-order valence-corrected chi connectivity index (χ3v) is 6.86. The minimum atomic E-state index is -0.510. The maximum Gasteiger partial charge on any atom is 0.259 e.